The molecular formula is C27H34F3N5O7. The Kier molecular flexibility index (Phi) is 9.47. The van der Waals surface area contributed by atoms with Crippen molar-refractivity contribution in [3.8, 4) is 0 Å². The molecule has 42 heavy (non-hydrogen) atoms. The van der Waals surface area contributed by atoms with E-state index in [1.54, 1.807) is 12.1 Å². The molecule has 1 aliphatic rings. The second-order valence-electron chi connectivity index (χ2n) is 11.0. The number of hydrogen-bond donors (Lipinski definition) is 3. The number of rotatable bonds is 11. The van der Waals surface area contributed by atoms with E-state index in [1.165, 1.54) is 39.8 Å². The Hall–Kier alpha value is -3.85. The fourth-order valence-electron chi connectivity index (χ4n) is 5.40. The Bertz CT molecular complexity index is 1460. The third-order valence-corrected chi connectivity index (χ3v) is 7.64. The van der Waals surface area contributed by atoms with E-state index >= 15 is 0 Å². The molecule has 4 N–H and O–H groups in total. The lowest BCUT2D eigenvalue weighted by atomic mass is 9.82. The van der Waals surface area contributed by atoms with E-state index in [9.17, 15) is 47.0 Å². The number of hydrogen-bond acceptors (Lipinski definition) is 8. The fraction of sp³-hybridized carbons (Fsp3) is 0.556. The summed E-state index contributed by atoms with van der Waals surface area (Å²) in [4.78, 5) is 77.8. The molecule has 1 fully saturated rings. The summed E-state index contributed by atoms with van der Waals surface area (Å²) in [6, 6.07) is 3.22. The number of aromatic nitrogens is 2. The maximum atomic E-state index is 13.5. The van der Waals surface area contributed by atoms with Gasteiger partial charge in [0.15, 0.2) is 11.3 Å². The molecule has 0 unspecified atom stereocenters. The number of amides is 2. The molecule has 2 aromatic rings. The molecule has 0 spiro atoms. The number of imide groups is 1. The molecule has 12 nitrogen and oxygen atoms in total. The van der Waals surface area contributed by atoms with Crippen LogP contribution in [0.2, 0.25) is 0 Å². The van der Waals surface area contributed by atoms with Gasteiger partial charge in [0.25, 0.3) is 11.7 Å². The van der Waals surface area contributed by atoms with Crippen LogP contribution in [0.3, 0.4) is 0 Å². The number of fused-ring (bicyclic) bond motifs is 1. The molecule has 3 atom stereocenters. The molecule has 0 radical (unpaired) electrons. The molecule has 2 heterocycles. The van der Waals surface area contributed by atoms with Crippen LogP contribution in [0, 0.1) is 11.8 Å². The highest BCUT2D eigenvalue weighted by Crippen LogP contribution is 2.30. The molecule has 1 aromatic heterocycles. The Morgan fingerprint density at radius 1 is 1.02 bits per heavy atom. The number of carboxylic acid groups (broad SMARTS) is 1. The highest BCUT2D eigenvalue weighted by molar-refractivity contribution is 6.15. The number of aliphatic carboxylic acids is 1. The van der Waals surface area contributed by atoms with Crippen molar-refractivity contribution >= 4 is 40.4 Å². The van der Waals surface area contributed by atoms with Gasteiger partial charge in [0.05, 0.1) is 29.7 Å². The van der Waals surface area contributed by atoms with Gasteiger partial charge in [-0.1, -0.05) is 39.8 Å². The van der Waals surface area contributed by atoms with Crippen molar-refractivity contribution in [3.63, 3.8) is 0 Å². The minimum absolute atomic E-state index is 0.0111. The van der Waals surface area contributed by atoms with E-state index in [2.05, 4.69) is 5.32 Å². The summed E-state index contributed by atoms with van der Waals surface area (Å²) in [6.45, 7) is 4.33. The van der Waals surface area contributed by atoms with Crippen LogP contribution >= 0.6 is 0 Å². The van der Waals surface area contributed by atoms with Crippen LogP contribution in [0.1, 0.15) is 40.5 Å². The molecule has 15 heteroatoms. The largest absolute Gasteiger partial charge is 0.480 e. The number of imidazole rings is 1. The van der Waals surface area contributed by atoms with E-state index in [0.29, 0.717) is 6.42 Å². The monoisotopic (exact) mass is 597 g/mol. The lowest BCUT2D eigenvalue weighted by Gasteiger charge is -2.35. The van der Waals surface area contributed by atoms with Gasteiger partial charge in [0.1, 0.15) is 6.54 Å². The van der Waals surface area contributed by atoms with Gasteiger partial charge < -0.3 is 10.8 Å². The van der Waals surface area contributed by atoms with Crippen LogP contribution < -0.4 is 16.7 Å². The minimum atomic E-state index is -5.13. The molecule has 0 saturated carbocycles. The van der Waals surface area contributed by atoms with Crippen LogP contribution in [0.25, 0.3) is 11.0 Å². The summed E-state index contributed by atoms with van der Waals surface area (Å²) in [5.74, 6) is -8.18. The minimum Gasteiger partial charge on any atom is -0.480 e. The van der Waals surface area contributed by atoms with Gasteiger partial charge in [0, 0.05) is 0 Å². The predicted octanol–water partition coefficient (Wildman–Crippen LogP) is 1.07. The molecule has 3 rings (SSSR count). The number of alkyl halides is 3. The van der Waals surface area contributed by atoms with E-state index in [0.717, 1.165) is 14.0 Å². The predicted molar refractivity (Wildman–Crippen MR) is 143 cm³/mol. The van der Waals surface area contributed by atoms with Gasteiger partial charge >= 0.3 is 17.8 Å². The Balaban J connectivity index is 1.89. The first-order chi connectivity index (χ1) is 19.4. The van der Waals surface area contributed by atoms with Crippen LogP contribution in [0.15, 0.2) is 29.1 Å². The van der Waals surface area contributed by atoms with Crippen molar-refractivity contribution < 1.29 is 42.3 Å². The normalized spacial score (nSPS) is 18.3. The molecule has 1 saturated heterocycles. The number of halogens is 3. The number of carbonyl (C=O) groups excluding carboxylic acids is 4. The molecule has 1 aromatic carbocycles. The third-order valence-electron chi connectivity index (χ3n) is 7.64. The topological polar surface area (TPSA) is 174 Å². The van der Waals surface area contributed by atoms with E-state index in [-0.39, 0.29) is 24.0 Å². The zero-order valence-corrected chi connectivity index (χ0v) is 23.6. The number of para-hydroxylation sites is 2. The standard InChI is InChI=1S/C27H34F3N5O7/c1-14(2)21(22(39)27(28,29)30)33-11-7-10-18(33)23(40)32-24(41)26(31,15(3)4)19(36)12-34-16-8-5-6-9-17(16)35(25(34)42)13-20(37)38/h5-6,8-9,14-15,18,21H,7,10-13,31H2,1-4H3,(H,37,38)(H,32,40,41)/t18-,21-,26+/m0/s1. The SMILES string of the molecule is CC(C)[C@@H](C(=O)C(F)(F)F)N1CCC[C@H]1C(=O)NC(=O)[C@](N)(C(=O)Cn1c(=O)n(CC(=O)O)c2ccccc21)C(C)C. The molecule has 0 aliphatic carbocycles. The zero-order chi connectivity index (χ0) is 31.7. The number of carboxylic acids is 1. The van der Waals surface area contributed by atoms with E-state index in [1.807, 2.05) is 0 Å². The second kappa shape index (κ2) is 12.2. The lowest BCUT2D eigenvalue weighted by molar-refractivity contribution is -0.179. The third kappa shape index (κ3) is 6.16. The number of ketones is 2. The quantitative estimate of drug-likeness (QED) is 0.320. The first kappa shape index (κ1) is 32.7. The van der Waals surface area contributed by atoms with Crippen LogP contribution in [0.4, 0.5) is 13.2 Å². The molecule has 1 aliphatic heterocycles. The van der Waals surface area contributed by atoms with Crippen molar-refractivity contribution in [2.45, 2.75) is 77.4 Å². The van der Waals surface area contributed by atoms with Gasteiger partial charge in [-0.2, -0.15) is 13.2 Å². The number of nitrogens with one attached hydrogen (secondary N) is 1. The number of likely N-dealkylation sites (tertiary alicyclic amines) is 1. The fourth-order valence-corrected chi connectivity index (χ4v) is 5.40. The number of nitrogens with two attached hydrogens (primary N) is 1. The van der Waals surface area contributed by atoms with Crippen LogP contribution in [0.5, 0.6) is 0 Å². The summed E-state index contributed by atoms with van der Waals surface area (Å²) in [6.07, 6.45) is -4.77. The van der Waals surface area contributed by atoms with E-state index < -0.39 is 83.8 Å². The average Bonchev–Trinajstić information content (AvgIpc) is 3.46. The maximum absolute atomic E-state index is 13.5. The lowest BCUT2D eigenvalue weighted by Crippen LogP contribution is -2.66. The number of nitrogens with zero attached hydrogens (tertiary/aromatic N) is 3. The van der Waals surface area contributed by atoms with Crippen molar-refractivity contribution in [2.24, 2.45) is 17.6 Å². The summed E-state index contributed by atoms with van der Waals surface area (Å²) in [7, 11) is 0. The van der Waals surface area contributed by atoms with Crippen molar-refractivity contribution in [2.75, 3.05) is 6.54 Å². The summed E-state index contributed by atoms with van der Waals surface area (Å²) in [5.41, 5.74) is 3.58. The second-order valence-corrected chi connectivity index (χ2v) is 11.0. The maximum Gasteiger partial charge on any atom is 0.451 e. The molecule has 0 bridgehead atoms. The number of carbonyl (C=O) groups is 5. The average molecular weight is 598 g/mol. The summed E-state index contributed by atoms with van der Waals surface area (Å²) >= 11 is 0. The first-order valence-corrected chi connectivity index (χ1v) is 13.4. The van der Waals surface area contributed by atoms with Crippen LogP contribution in [-0.4, -0.2) is 78.8 Å². The highest BCUT2D eigenvalue weighted by Gasteiger charge is 2.51. The highest BCUT2D eigenvalue weighted by atomic mass is 19.4. The van der Waals surface area contributed by atoms with Gasteiger partial charge in [-0.3, -0.25) is 43.3 Å². The molecular weight excluding hydrogens is 563 g/mol. The Labute approximate surface area is 238 Å². The smallest absolute Gasteiger partial charge is 0.451 e. The number of Topliss-reactive ketones (excluding diaryl/α,β-unsaturated/α-hetero) is 2. The van der Waals surface area contributed by atoms with Crippen molar-refractivity contribution in [1.82, 2.24) is 19.4 Å². The first-order valence-electron chi connectivity index (χ1n) is 13.4. The summed E-state index contributed by atoms with van der Waals surface area (Å²) in [5, 5.41) is 11.3. The Morgan fingerprint density at radius 3 is 2.05 bits per heavy atom. The number of benzene rings is 1. The molecule has 230 valence electrons. The van der Waals surface area contributed by atoms with Gasteiger partial charge in [-0.05, 0) is 43.4 Å². The van der Waals surface area contributed by atoms with E-state index in [4.69, 9.17) is 5.73 Å². The van der Waals surface area contributed by atoms with Gasteiger partial charge in [-0.15, -0.1) is 0 Å². The zero-order valence-electron chi connectivity index (χ0n) is 23.6. The van der Waals surface area contributed by atoms with Gasteiger partial charge in [0.2, 0.25) is 5.91 Å². The van der Waals surface area contributed by atoms with Gasteiger partial charge in [-0.25, -0.2) is 4.79 Å². The van der Waals surface area contributed by atoms with Crippen LogP contribution in [-0.2, 0) is 37.1 Å². The van der Waals surface area contributed by atoms with Crippen molar-refractivity contribution in [1.29, 1.82) is 0 Å². The summed E-state index contributed by atoms with van der Waals surface area (Å²) < 4.78 is 41.9. The Morgan fingerprint density at radius 2 is 1.57 bits per heavy atom. The molecule has 2 amide bonds. The van der Waals surface area contributed by atoms with Crippen molar-refractivity contribution in [3.05, 3.63) is 34.7 Å².